The van der Waals surface area contributed by atoms with Crippen LogP contribution >= 0.6 is 0 Å². The van der Waals surface area contributed by atoms with E-state index in [1.165, 1.54) is 6.42 Å². The number of hydrogen-bond acceptors (Lipinski definition) is 2. The van der Waals surface area contributed by atoms with Crippen molar-refractivity contribution < 1.29 is 14.7 Å². The molecule has 1 heterocycles. The van der Waals surface area contributed by atoms with Gasteiger partial charge in [0.1, 0.15) is 0 Å². The lowest BCUT2D eigenvalue weighted by molar-refractivity contribution is 0.0697. The van der Waals surface area contributed by atoms with Crippen LogP contribution in [0, 0.1) is 5.41 Å². The number of rotatable bonds is 3. The zero-order valence-corrected chi connectivity index (χ0v) is 12.2. The molecular weight excluding hydrogens is 268 g/mol. The number of carbonyl (C=O) groups is 2. The molecule has 0 aromatic heterocycles. The van der Waals surface area contributed by atoms with Crippen molar-refractivity contribution in [2.75, 3.05) is 18.0 Å². The van der Waals surface area contributed by atoms with Gasteiger partial charge in [-0.1, -0.05) is 19.4 Å². The quantitative estimate of drug-likeness (QED) is 0.898. The molecule has 1 fully saturated rings. The van der Waals surface area contributed by atoms with Crippen LogP contribution in [0.5, 0.6) is 0 Å². The minimum absolute atomic E-state index is 0.121. The number of hydrogen-bond donors (Lipinski definition) is 2. The number of nitrogens with one attached hydrogen (secondary N) is 1. The largest absolute Gasteiger partial charge is 0.478 e. The maximum absolute atomic E-state index is 12.3. The Kier molecular flexibility index (Phi) is 3.35. The average Bonchev–Trinajstić information content (AvgIpc) is 2.85. The van der Waals surface area contributed by atoms with Crippen LogP contribution in [0.4, 0.5) is 10.5 Å². The normalized spacial score (nSPS) is 18.8. The molecule has 2 aliphatic rings. The molecule has 0 unspecified atom stereocenters. The van der Waals surface area contributed by atoms with Gasteiger partial charge in [0.25, 0.3) is 0 Å². The van der Waals surface area contributed by atoms with E-state index in [0.717, 1.165) is 30.5 Å². The molecule has 2 amide bonds. The van der Waals surface area contributed by atoms with E-state index in [1.54, 1.807) is 23.1 Å². The standard InChI is InChI=1S/C16H20N2O3/c1-16(6-2-7-16)10-17-15(21)18-8-5-11-3-4-12(14(19)20)9-13(11)18/h3-4,9H,2,5-8,10H2,1H3,(H,17,21)(H,19,20). The smallest absolute Gasteiger partial charge is 0.335 e. The van der Waals surface area contributed by atoms with Gasteiger partial charge in [0.15, 0.2) is 0 Å². The van der Waals surface area contributed by atoms with Crippen molar-refractivity contribution >= 4 is 17.7 Å². The summed E-state index contributed by atoms with van der Waals surface area (Å²) in [4.78, 5) is 25.1. The number of anilines is 1. The van der Waals surface area contributed by atoms with Crippen molar-refractivity contribution in [1.82, 2.24) is 5.32 Å². The van der Waals surface area contributed by atoms with Gasteiger partial charge in [0, 0.05) is 18.8 Å². The third-order valence-electron chi connectivity index (χ3n) is 4.70. The summed E-state index contributed by atoms with van der Waals surface area (Å²) in [6, 6.07) is 4.87. The summed E-state index contributed by atoms with van der Waals surface area (Å²) < 4.78 is 0. The Bertz CT molecular complexity index is 593. The predicted octanol–water partition coefficient (Wildman–Crippen LogP) is 2.65. The predicted molar refractivity (Wildman–Crippen MR) is 79.8 cm³/mol. The first-order valence-electron chi connectivity index (χ1n) is 7.40. The van der Waals surface area contributed by atoms with Crippen molar-refractivity contribution in [3.05, 3.63) is 29.3 Å². The van der Waals surface area contributed by atoms with Crippen LogP contribution in [0.15, 0.2) is 18.2 Å². The molecule has 1 saturated carbocycles. The van der Waals surface area contributed by atoms with E-state index < -0.39 is 5.97 Å². The van der Waals surface area contributed by atoms with Gasteiger partial charge >= 0.3 is 12.0 Å². The maximum atomic E-state index is 12.3. The molecule has 0 saturated heterocycles. The molecular formula is C16H20N2O3. The van der Waals surface area contributed by atoms with Crippen molar-refractivity contribution in [3.8, 4) is 0 Å². The highest BCUT2D eigenvalue weighted by molar-refractivity contribution is 5.97. The van der Waals surface area contributed by atoms with E-state index >= 15 is 0 Å². The van der Waals surface area contributed by atoms with E-state index in [2.05, 4.69) is 12.2 Å². The summed E-state index contributed by atoms with van der Waals surface area (Å²) in [7, 11) is 0. The lowest BCUT2D eigenvalue weighted by Gasteiger charge is -2.38. The molecule has 5 heteroatoms. The summed E-state index contributed by atoms with van der Waals surface area (Å²) in [5.41, 5.74) is 2.22. The van der Waals surface area contributed by atoms with Crippen LogP contribution in [-0.4, -0.2) is 30.2 Å². The van der Waals surface area contributed by atoms with Gasteiger partial charge in [0.05, 0.1) is 5.56 Å². The minimum atomic E-state index is -0.966. The van der Waals surface area contributed by atoms with E-state index in [9.17, 15) is 9.59 Å². The summed E-state index contributed by atoms with van der Waals surface area (Å²) in [5.74, 6) is -0.966. The highest BCUT2D eigenvalue weighted by atomic mass is 16.4. The average molecular weight is 288 g/mol. The van der Waals surface area contributed by atoms with Crippen LogP contribution in [0.3, 0.4) is 0 Å². The molecule has 1 aromatic rings. The van der Waals surface area contributed by atoms with E-state index in [4.69, 9.17) is 5.11 Å². The molecule has 0 atom stereocenters. The molecule has 5 nitrogen and oxygen atoms in total. The highest BCUT2D eigenvalue weighted by Crippen LogP contribution is 2.39. The second-order valence-corrected chi connectivity index (χ2v) is 6.37. The summed E-state index contributed by atoms with van der Waals surface area (Å²) in [6.45, 7) is 3.49. The SMILES string of the molecule is CC1(CNC(=O)N2CCc3ccc(C(=O)O)cc32)CCC1. The van der Waals surface area contributed by atoms with E-state index in [0.29, 0.717) is 13.1 Å². The molecule has 0 bridgehead atoms. The Morgan fingerprint density at radius 3 is 2.76 bits per heavy atom. The Morgan fingerprint density at radius 2 is 2.14 bits per heavy atom. The zero-order chi connectivity index (χ0) is 15.0. The first kappa shape index (κ1) is 13.9. The van der Waals surface area contributed by atoms with Gasteiger partial charge in [-0.15, -0.1) is 0 Å². The molecule has 21 heavy (non-hydrogen) atoms. The van der Waals surface area contributed by atoms with Crippen molar-refractivity contribution in [2.24, 2.45) is 5.41 Å². The van der Waals surface area contributed by atoms with Crippen LogP contribution in [-0.2, 0) is 6.42 Å². The highest BCUT2D eigenvalue weighted by Gasteiger charge is 2.33. The zero-order valence-electron chi connectivity index (χ0n) is 12.2. The molecule has 1 aliphatic carbocycles. The van der Waals surface area contributed by atoms with Crippen LogP contribution in [0.2, 0.25) is 0 Å². The van der Waals surface area contributed by atoms with Crippen LogP contribution < -0.4 is 10.2 Å². The van der Waals surface area contributed by atoms with Gasteiger partial charge in [-0.25, -0.2) is 9.59 Å². The fourth-order valence-corrected chi connectivity index (χ4v) is 3.06. The van der Waals surface area contributed by atoms with Crippen LogP contribution in [0.1, 0.15) is 42.1 Å². The summed E-state index contributed by atoms with van der Waals surface area (Å²) >= 11 is 0. The Hall–Kier alpha value is -2.04. The van der Waals surface area contributed by atoms with Crippen molar-refractivity contribution in [3.63, 3.8) is 0 Å². The Labute approximate surface area is 123 Å². The Morgan fingerprint density at radius 1 is 1.38 bits per heavy atom. The first-order valence-corrected chi connectivity index (χ1v) is 7.40. The third kappa shape index (κ3) is 2.60. The first-order chi connectivity index (χ1) is 9.98. The minimum Gasteiger partial charge on any atom is -0.478 e. The molecule has 0 spiro atoms. The van der Waals surface area contributed by atoms with Gasteiger partial charge < -0.3 is 10.4 Å². The van der Waals surface area contributed by atoms with Gasteiger partial charge in [-0.3, -0.25) is 4.90 Å². The number of benzene rings is 1. The molecule has 0 radical (unpaired) electrons. The van der Waals surface area contributed by atoms with Crippen LogP contribution in [0.25, 0.3) is 0 Å². The molecule has 1 aromatic carbocycles. The number of aromatic carboxylic acids is 1. The van der Waals surface area contributed by atoms with Gasteiger partial charge in [0.2, 0.25) is 0 Å². The number of carbonyl (C=O) groups excluding carboxylic acids is 1. The Balaban J connectivity index is 1.72. The lowest BCUT2D eigenvalue weighted by Crippen LogP contribution is -2.45. The fraction of sp³-hybridized carbons (Fsp3) is 0.500. The second kappa shape index (κ2) is 5.06. The van der Waals surface area contributed by atoms with E-state index in [-0.39, 0.29) is 17.0 Å². The second-order valence-electron chi connectivity index (χ2n) is 6.37. The summed E-state index contributed by atoms with van der Waals surface area (Å²) in [6.07, 6.45) is 4.33. The summed E-state index contributed by atoms with van der Waals surface area (Å²) in [5, 5.41) is 12.1. The number of amides is 2. The van der Waals surface area contributed by atoms with Gasteiger partial charge in [-0.2, -0.15) is 0 Å². The third-order valence-corrected chi connectivity index (χ3v) is 4.70. The van der Waals surface area contributed by atoms with Gasteiger partial charge in [-0.05, 0) is 42.4 Å². The van der Waals surface area contributed by atoms with E-state index in [1.807, 2.05) is 0 Å². The molecule has 2 N–H and O–H groups in total. The molecule has 3 rings (SSSR count). The van der Waals surface area contributed by atoms with Crippen molar-refractivity contribution in [2.45, 2.75) is 32.6 Å². The number of nitrogens with zero attached hydrogens (tertiary/aromatic N) is 1. The lowest BCUT2D eigenvalue weighted by atomic mass is 9.70. The molecule has 1 aliphatic heterocycles. The number of urea groups is 1. The topological polar surface area (TPSA) is 69.6 Å². The maximum Gasteiger partial charge on any atom is 0.335 e. The number of carboxylic acid groups (broad SMARTS) is 1. The monoisotopic (exact) mass is 288 g/mol. The fourth-order valence-electron chi connectivity index (χ4n) is 3.06. The van der Waals surface area contributed by atoms with Crippen molar-refractivity contribution in [1.29, 1.82) is 0 Å². The number of carboxylic acids is 1. The molecule has 112 valence electrons. The number of fused-ring (bicyclic) bond motifs is 1.